The second-order valence-electron chi connectivity index (χ2n) is 3.89. The molecule has 114 valence electrons. The molecule has 0 aliphatic carbocycles. The molecule has 0 aromatic carbocycles. The van der Waals surface area contributed by atoms with Gasteiger partial charge in [0.2, 0.25) is 0 Å². The minimum Gasteiger partial charge on any atom is -0.487 e. The van der Waals surface area contributed by atoms with Crippen molar-refractivity contribution in [3.8, 4) is 0 Å². The summed E-state index contributed by atoms with van der Waals surface area (Å²) >= 11 is 8.12. The van der Waals surface area contributed by atoms with E-state index in [-0.39, 0.29) is 16.9 Å². The van der Waals surface area contributed by atoms with Gasteiger partial charge in [-0.05, 0) is 52.1 Å². The van der Waals surface area contributed by atoms with Crippen LogP contribution >= 0.6 is 24.4 Å². The smallest absolute Gasteiger partial charge is 0.407 e. The first kappa shape index (κ1) is 22.8. The third kappa shape index (κ3) is 47.8. The normalized spacial score (nSPS) is 8.68. The molecule has 0 unspecified atom stereocenters. The first-order valence-electron chi connectivity index (χ1n) is 5.24. The molecule has 1 amide bonds. The maximum absolute atomic E-state index is 10.7. The van der Waals surface area contributed by atoms with Gasteiger partial charge in [-0.15, -0.1) is 0 Å². The molecule has 7 nitrogen and oxygen atoms in total. The van der Waals surface area contributed by atoms with Gasteiger partial charge in [-0.1, -0.05) is 0 Å². The number of aliphatic hydroxyl groups is 1. The van der Waals surface area contributed by atoms with Crippen molar-refractivity contribution in [2.75, 3.05) is 13.7 Å². The Morgan fingerprint density at radius 1 is 1.32 bits per heavy atom. The van der Waals surface area contributed by atoms with Crippen LogP contribution in [0.3, 0.4) is 0 Å². The van der Waals surface area contributed by atoms with Gasteiger partial charge in [-0.3, -0.25) is 0 Å². The molecular weight excluding hydrogens is 290 g/mol. The van der Waals surface area contributed by atoms with E-state index < -0.39 is 5.17 Å². The van der Waals surface area contributed by atoms with Crippen LogP contribution in [0, 0.1) is 0 Å². The molecule has 9 heteroatoms. The highest BCUT2D eigenvalue weighted by Crippen LogP contribution is 2.05. The number of hydrogen-bond acceptors (Lipinski definition) is 5. The fourth-order valence-corrected chi connectivity index (χ4v) is 0.459. The lowest BCUT2D eigenvalue weighted by Crippen LogP contribution is -2.32. The van der Waals surface area contributed by atoms with E-state index in [1.807, 2.05) is 27.7 Å². The molecule has 6 N–H and O–H groups in total. The van der Waals surface area contributed by atoms with Crippen LogP contribution in [0.25, 0.3) is 0 Å². The van der Waals surface area contributed by atoms with Gasteiger partial charge >= 0.3 is 6.09 Å². The molecule has 0 rings (SSSR count). The van der Waals surface area contributed by atoms with Gasteiger partial charge in [0.1, 0.15) is 5.60 Å². The van der Waals surface area contributed by atoms with Gasteiger partial charge in [0, 0.05) is 6.54 Å². The predicted molar refractivity (Wildman–Crippen MR) is 83.1 cm³/mol. The van der Waals surface area contributed by atoms with E-state index in [2.05, 4.69) is 40.2 Å². The summed E-state index contributed by atoms with van der Waals surface area (Å²) in [5, 5.41) is 9.69. The van der Waals surface area contributed by atoms with Crippen LogP contribution in [0.2, 0.25) is 0 Å². The van der Waals surface area contributed by atoms with E-state index in [0.29, 0.717) is 6.54 Å². The van der Waals surface area contributed by atoms with Crippen LogP contribution in [-0.2, 0) is 9.47 Å². The van der Waals surface area contributed by atoms with Crippen LogP contribution in [-0.4, -0.2) is 40.8 Å². The third-order valence-electron chi connectivity index (χ3n) is 0.921. The van der Waals surface area contributed by atoms with Crippen molar-refractivity contribution in [1.82, 2.24) is 5.32 Å². The summed E-state index contributed by atoms with van der Waals surface area (Å²) in [6, 6.07) is 0. The van der Waals surface area contributed by atoms with Crippen molar-refractivity contribution in [2.45, 2.75) is 33.3 Å². The number of ether oxygens (including phenoxy) is 2. The number of alkyl carbamates (subject to hydrolysis) is 1. The standard InChI is InChI=1S/C7H15NO2.C2H5NOS.CH3NOS/c1-5-8-6(9)10-7(2,3)4;1-4-2(3)5;2-1(3)4/h5H2,1-4H3,(H,8,9);1H3,(H2,3,5);(H3,2,3,4). The number of nitrogens with two attached hydrogens (primary N) is 2. The van der Waals surface area contributed by atoms with Crippen molar-refractivity contribution in [3.05, 3.63) is 0 Å². The number of thiocarbonyl (C=S) groups is 2. The van der Waals surface area contributed by atoms with Gasteiger partial charge in [-0.2, -0.15) is 0 Å². The molecule has 0 atom stereocenters. The number of carbonyl (C=O) groups excluding carboxylic acids is 1. The highest BCUT2D eigenvalue weighted by atomic mass is 32.1. The minimum absolute atomic E-state index is 0.0880. The second kappa shape index (κ2) is 13.1. The van der Waals surface area contributed by atoms with Gasteiger partial charge < -0.3 is 31.4 Å². The van der Waals surface area contributed by atoms with Crippen molar-refractivity contribution < 1.29 is 19.4 Å². The molecule has 19 heavy (non-hydrogen) atoms. The van der Waals surface area contributed by atoms with Crippen molar-refractivity contribution in [3.63, 3.8) is 0 Å². The van der Waals surface area contributed by atoms with E-state index in [1.165, 1.54) is 7.11 Å². The molecule has 0 saturated heterocycles. The second-order valence-corrected chi connectivity index (χ2v) is 4.71. The average Bonchev–Trinajstić information content (AvgIpc) is 2.14. The summed E-state index contributed by atoms with van der Waals surface area (Å²) in [6.07, 6.45) is -0.352. The zero-order valence-corrected chi connectivity index (χ0v) is 13.5. The Morgan fingerprint density at radius 2 is 1.63 bits per heavy atom. The van der Waals surface area contributed by atoms with Crippen LogP contribution < -0.4 is 16.8 Å². The van der Waals surface area contributed by atoms with Gasteiger partial charge in [0.25, 0.3) is 10.3 Å². The SMILES string of the molecule is CCNC(=O)OC(C)(C)C.COC(N)=S.NC(O)=S. The van der Waals surface area contributed by atoms with Crippen molar-refractivity contribution >= 4 is 40.9 Å². The summed E-state index contributed by atoms with van der Waals surface area (Å²) in [7, 11) is 1.43. The van der Waals surface area contributed by atoms with Crippen molar-refractivity contribution in [2.24, 2.45) is 11.5 Å². The first-order valence-corrected chi connectivity index (χ1v) is 6.06. The van der Waals surface area contributed by atoms with Crippen LogP contribution in [0.15, 0.2) is 0 Å². The summed E-state index contributed by atoms with van der Waals surface area (Å²) in [5.74, 6) is 0. The Balaban J connectivity index is -0.000000238. The summed E-state index contributed by atoms with van der Waals surface area (Å²) in [4.78, 5) is 10.7. The Kier molecular flexibility index (Phi) is 15.7. The van der Waals surface area contributed by atoms with Crippen LogP contribution in [0.4, 0.5) is 4.79 Å². The number of hydrogen-bond donors (Lipinski definition) is 4. The van der Waals surface area contributed by atoms with Gasteiger partial charge in [0.15, 0.2) is 0 Å². The monoisotopic (exact) mass is 313 g/mol. The number of methoxy groups -OCH3 is 1. The van der Waals surface area contributed by atoms with Gasteiger partial charge in [0.05, 0.1) is 7.11 Å². The van der Waals surface area contributed by atoms with E-state index >= 15 is 0 Å². The zero-order valence-electron chi connectivity index (χ0n) is 11.9. The first-order chi connectivity index (χ1) is 8.46. The molecule has 0 spiro atoms. The van der Waals surface area contributed by atoms with E-state index in [9.17, 15) is 4.79 Å². The molecule has 0 fully saturated rings. The summed E-state index contributed by atoms with van der Waals surface area (Å²) in [6.45, 7) is 7.96. The molecular formula is C10H23N3O4S2. The Morgan fingerprint density at radius 3 is 1.79 bits per heavy atom. The number of carbonyl (C=O) groups is 1. The molecule has 0 bridgehead atoms. The van der Waals surface area contributed by atoms with Crippen molar-refractivity contribution in [1.29, 1.82) is 0 Å². The van der Waals surface area contributed by atoms with E-state index in [1.54, 1.807) is 0 Å². The topological polar surface area (TPSA) is 120 Å². The Hall–Kier alpha value is -1.35. The number of rotatable bonds is 1. The molecule has 0 aliphatic heterocycles. The highest BCUT2D eigenvalue weighted by Gasteiger charge is 2.14. The summed E-state index contributed by atoms with van der Waals surface area (Å²) in [5.41, 5.74) is 8.81. The lowest BCUT2D eigenvalue weighted by Gasteiger charge is -2.19. The van der Waals surface area contributed by atoms with E-state index in [0.717, 1.165) is 0 Å². The number of amides is 1. The predicted octanol–water partition coefficient (Wildman–Crippen LogP) is 1.20. The Bertz CT molecular complexity index is 276. The summed E-state index contributed by atoms with van der Waals surface area (Å²) < 4.78 is 9.19. The fourth-order valence-electron chi connectivity index (χ4n) is 0.459. The molecule has 0 saturated carbocycles. The van der Waals surface area contributed by atoms with Crippen LogP contribution in [0.1, 0.15) is 27.7 Å². The average molecular weight is 313 g/mol. The number of aliphatic hydroxyl groups excluding tert-OH is 1. The lowest BCUT2D eigenvalue weighted by atomic mass is 10.2. The molecule has 0 aromatic heterocycles. The molecule has 0 heterocycles. The molecule has 0 aromatic rings. The number of nitrogens with one attached hydrogen (secondary N) is 1. The van der Waals surface area contributed by atoms with Gasteiger partial charge in [-0.25, -0.2) is 4.79 Å². The molecule has 0 radical (unpaired) electrons. The Labute approximate surface area is 124 Å². The van der Waals surface area contributed by atoms with E-state index in [4.69, 9.17) is 15.6 Å². The quantitative estimate of drug-likeness (QED) is 0.533. The zero-order chi connectivity index (χ0) is 16.1. The maximum atomic E-state index is 10.7. The lowest BCUT2D eigenvalue weighted by molar-refractivity contribution is 0.0531. The largest absolute Gasteiger partial charge is 0.487 e. The molecule has 0 aliphatic rings. The highest BCUT2D eigenvalue weighted by molar-refractivity contribution is 7.80. The minimum atomic E-state index is -0.500. The fraction of sp³-hybridized carbons (Fsp3) is 0.700. The van der Waals surface area contributed by atoms with Crippen LogP contribution in [0.5, 0.6) is 0 Å². The maximum Gasteiger partial charge on any atom is 0.407 e. The third-order valence-corrected chi connectivity index (χ3v) is 1.09.